The Bertz CT molecular complexity index is 571. The number of hydrogen-bond donors (Lipinski definition) is 1. The molecule has 0 amide bonds. The van der Waals surface area contributed by atoms with E-state index in [0.717, 1.165) is 12.5 Å². The Morgan fingerprint density at radius 2 is 1.91 bits per heavy atom. The molecule has 1 aromatic rings. The number of hydrogen-bond acceptors (Lipinski definition) is 4. The van der Waals surface area contributed by atoms with Gasteiger partial charge < -0.3 is 14.7 Å². The van der Waals surface area contributed by atoms with Crippen LogP contribution in [-0.2, 0) is 12.0 Å². The molecule has 0 bridgehead atoms. The van der Waals surface area contributed by atoms with E-state index in [9.17, 15) is 0 Å². The van der Waals surface area contributed by atoms with E-state index in [1.807, 2.05) is 0 Å². The van der Waals surface area contributed by atoms with Gasteiger partial charge in [-0.3, -0.25) is 4.99 Å². The molecule has 1 aliphatic heterocycles. The number of nitrogens with one attached hydrogen (secondary N) is 1. The number of nitrogens with zero attached hydrogens (tertiary/aromatic N) is 4. The predicted octanol–water partition coefficient (Wildman–Crippen LogP) is 3.18. The molecule has 0 aliphatic carbocycles. The van der Waals surface area contributed by atoms with Crippen LogP contribution in [0.3, 0.4) is 0 Å². The van der Waals surface area contributed by atoms with Gasteiger partial charge in [0, 0.05) is 30.0 Å². The smallest absolute Gasteiger partial charge is 0.232 e. The zero-order chi connectivity index (χ0) is 16.8. The van der Waals surface area contributed by atoms with Gasteiger partial charge in [0.2, 0.25) is 5.89 Å². The van der Waals surface area contributed by atoms with E-state index >= 15 is 0 Å². The molecule has 132 valence electrons. The molecule has 0 unspecified atom stereocenters. The first kappa shape index (κ1) is 20.2. The van der Waals surface area contributed by atoms with Crippen molar-refractivity contribution in [3.63, 3.8) is 0 Å². The van der Waals surface area contributed by atoms with Crippen molar-refractivity contribution < 1.29 is 4.52 Å². The lowest BCUT2D eigenvalue weighted by atomic mass is 9.65. The second kappa shape index (κ2) is 6.57. The van der Waals surface area contributed by atoms with Gasteiger partial charge in [0.1, 0.15) is 0 Å². The van der Waals surface area contributed by atoms with E-state index in [-0.39, 0.29) is 40.3 Å². The highest BCUT2D eigenvalue weighted by molar-refractivity contribution is 14.0. The summed E-state index contributed by atoms with van der Waals surface area (Å²) in [6, 6.07) is 0. The zero-order valence-electron chi connectivity index (χ0n) is 15.5. The summed E-state index contributed by atoms with van der Waals surface area (Å²) in [7, 11) is 1.81. The van der Waals surface area contributed by atoms with Gasteiger partial charge in [-0.15, -0.1) is 24.0 Å². The van der Waals surface area contributed by atoms with Crippen LogP contribution >= 0.6 is 24.0 Å². The van der Waals surface area contributed by atoms with Gasteiger partial charge in [-0.2, -0.15) is 4.98 Å². The third kappa shape index (κ3) is 3.80. The summed E-state index contributed by atoms with van der Waals surface area (Å²) >= 11 is 0. The molecule has 23 heavy (non-hydrogen) atoms. The third-order valence-corrected chi connectivity index (χ3v) is 4.87. The quantitative estimate of drug-likeness (QED) is 0.439. The maximum Gasteiger partial charge on any atom is 0.232 e. The minimum atomic E-state index is -0.129. The molecule has 7 heteroatoms. The summed E-state index contributed by atoms with van der Waals surface area (Å²) in [5.74, 6) is 2.19. The largest absolute Gasteiger partial charge is 0.349 e. The summed E-state index contributed by atoms with van der Waals surface area (Å²) in [5, 5.41) is 7.37. The van der Waals surface area contributed by atoms with Crippen molar-refractivity contribution >= 4 is 29.9 Å². The van der Waals surface area contributed by atoms with Gasteiger partial charge in [0.25, 0.3) is 0 Å². The average Bonchev–Trinajstić information content (AvgIpc) is 2.87. The van der Waals surface area contributed by atoms with E-state index in [2.05, 4.69) is 73.8 Å². The van der Waals surface area contributed by atoms with E-state index in [1.54, 1.807) is 7.05 Å². The molecule has 1 aromatic heterocycles. The van der Waals surface area contributed by atoms with Crippen molar-refractivity contribution in [1.82, 2.24) is 20.4 Å². The Hall–Kier alpha value is -0.860. The van der Waals surface area contributed by atoms with E-state index < -0.39 is 0 Å². The fraction of sp³-hybridized carbons (Fsp3) is 0.812. The van der Waals surface area contributed by atoms with Crippen LogP contribution in [0.25, 0.3) is 0 Å². The fourth-order valence-electron chi connectivity index (χ4n) is 2.48. The first-order valence-corrected chi connectivity index (χ1v) is 7.80. The molecule has 0 spiro atoms. The monoisotopic (exact) mass is 435 g/mol. The Labute approximate surface area is 156 Å². The highest BCUT2D eigenvalue weighted by Gasteiger charge is 2.53. The topological polar surface area (TPSA) is 66.5 Å². The molecule has 1 aliphatic rings. The molecular weight excluding hydrogens is 405 g/mol. The number of likely N-dealkylation sites (tertiary alicyclic amines) is 1. The lowest BCUT2D eigenvalue weighted by Crippen LogP contribution is -2.72. The van der Waals surface area contributed by atoms with Crippen LogP contribution in [0.4, 0.5) is 0 Å². The van der Waals surface area contributed by atoms with Gasteiger partial charge in [-0.1, -0.05) is 39.8 Å². The standard InChI is InChI=1S/C16H29N5O.HI/c1-14(2,3)12-19-11(20-22-12)9-18-13(17-8)21-10-15(4,5)16(21,6)7;/h9-10H2,1-8H3,(H,17,18);1H. The van der Waals surface area contributed by atoms with Crippen LogP contribution in [0.15, 0.2) is 9.52 Å². The average molecular weight is 435 g/mol. The minimum Gasteiger partial charge on any atom is -0.349 e. The van der Waals surface area contributed by atoms with Crippen LogP contribution in [0, 0.1) is 5.41 Å². The molecule has 2 rings (SSSR count). The highest BCUT2D eigenvalue weighted by atomic mass is 127. The molecule has 6 nitrogen and oxygen atoms in total. The first-order chi connectivity index (χ1) is 9.99. The Morgan fingerprint density at radius 3 is 2.30 bits per heavy atom. The SMILES string of the molecule is CN=C(NCc1noc(C(C)(C)C)n1)N1CC(C)(C)C1(C)C.I. The Balaban J connectivity index is 0.00000264. The normalized spacial score (nSPS) is 19.8. The van der Waals surface area contributed by atoms with Crippen molar-refractivity contribution in [3.8, 4) is 0 Å². The molecule has 0 saturated carbocycles. The van der Waals surface area contributed by atoms with E-state index in [0.29, 0.717) is 18.3 Å². The second-order valence-corrected chi connectivity index (χ2v) is 8.20. The van der Waals surface area contributed by atoms with Crippen molar-refractivity contribution in [1.29, 1.82) is 0 Å². The summed E-state index contributed by atoms with van der Waals surface area (Å²) < 4.78 is 5.32. The third-order valence-electron chi connectivity index (χ3n) is 4.87. The summed E-state index contributed by atoms with van der Waals surface area (Å²) in [6.45, 7) is 16.7. The zero-order valence-corrected chi connectivity index (χ0v) is 17.8. The van der Waals surface area contributed by atoms with E-state index in [4.69, 9.17) is 4.52 Å². The predicted molar refractivity (Wildman–Crippen MR) is 103 cm³/mol. The molecule has 2 heterocycles. The number of rotatable bonds is 2. The molecule has 1 N–H and O–H groups in total. The number of aliphatic imine (C=N–C) groups is 1. The summed E-state index contributed by atoms with van der Waals surface area (Å²) in [5.41, 5.74) is 0.218. The number of guanidine groups is 1. The number of halogens is 1. The van der Waals surface area contributed by atoms with Crippen molar-refractivity contribution in [3.05, 3.63) is 11.7 Å². The van der Waals surface area contributed by atoms with Gasteiger partial charge in [-0.25, -0.2) is 0 Å². The molecule has 0 atom stereocenters. The first-order valence-electron chi connectivity index (χ1n) is 7.80. The van der Waals surface area contributed by atoms with Crippen molar-refractivity contribution in [2.24, 2.45) is 10.4 Å². The molecule has 1 saturated heterocycles. The maximum absolute atomic E-state index is 5.32. The van der Waals surface area contributed by atoms with Crippen molar-refractivity contribution in [2.45, 2.75) is 66.0 Å². The van der Waals surface area contributed by atoms with Crippen LogP contribution < -0.4 is 5.32 Å². The van der Waals surface area contributed by atoms with Gasteiger partial charge in [0.15, 0.2) is 11.8 Å². The number of aromatic nitrogens is 2. The van der Waals surface area contributed by atoms with Crippen LogP contribution in [0.1, 0.15) is 60.2 Å². The molecule has 0 aromatic carbocycles. The van der Waals surface area contributed by atoms with Gasteiger partial charge in [-0.05, 0) is 13.8 Å². The van der Waals surface area contributed by atoms with E-state index in [1.165, 1.54) is 0 Å². The van der Waals surface area contributed by atoms with Crippen LogP contribution in [-0.4, -0.2) is 40.1 Å². The lowest BCUT2D eigenvalue weighted by Gasteiger charge is -2.62. The summed E-state index contributed by atoms with van der Waals surface area (Å²) in [4.78, 5) is 11.1. The lowest BCUT2D eigenvalue weighted by molar-refractivity contribution is -0.0668. The minimum absolute atomic E-state index is 0. The second-order valence-electron chi connectivity index (χ2n) is 8.20. The molecule has 1 fully saturated rings. The highest BCUT2D eigenvalue weighted by Crippen LogP contribution is 2.46. The molecule has 0 radical (unpaired) electrons. The molecular formula is C16H30IN5O. The van der Waals surface area contributed by atoms with Gasteiger partial charge >= 0.3 is 0 Å². The van der Waals surface area contributed by atoms with Crippen LogP contribution in [0.5, 0.6) is 0 Å². The fourth-order valence-corrected chi connectivity index (χ4v) is 2.48. The van der Waals surface area contributed by atoms with Crippen molar-refractivity contribution in [2.75, 3.05) is 13.6 Å². The Kier molecular flexibility index (Phi) is 5.76. The Morgan fingerprint density at radius 1 is 1.30 bits per heavy atom. The van der Waals surface area contributed by atoms with Crippen LogP contribution in [0.2, 0.25) is 0 Å². The summed E-state index contributed by atoms with van der Waals surface area (Å²) in [6.07, 6.45) is 0. The maximum atomic E-state index is 5.32. The van der Waals surface area contributed by atoms with Gasteiger partial charge in [0.05, 0.1) is 6.54 Å².